The van der Waals surface area contributed by atoms with E-state index < -0.39 is 0 Å². The Bertz CT molecular complexity index is 3100. The summed E-state index contributed by atoms with van der Waals surface area (Å²) in [5, 5.41) is 6.21. The van der Waals surface area contributed by atoms with Crippen molar-refractivity contribution in [3.05, 3.63) is 176 Å². The second kappa shape index (κ2) is 11.8. The lowest BCUT2D eigenvalue weighted by molar-refractivity contribution is 1.07. The van der Waals surface area contributed by atoms with Crippen LogP contribution < -0.4 is 0 Å². The second-order valence-electron chi connectivity index (χ2n) is 13.3. The molecule has 0 aliphatic rings. The highest BCUT2D eigenvalue weighted by molar-refractivity contribution is 7.26. The lowest BCUT2D eigenvalue weighted by atomic mass is 10.1. The number of fused-ring (bicyclic) bond motifs is 9. The van der Waals surface area contributed by atoms with Gasteiger partial charge in [-0.3, -0.25) is 0 Å². The predicted octanol–water partition coefficient (Wildman–Crippen LogP) is 12.3. The van der Waals surface area contributed by atoms with E-state index >= 15 is 0 Å². The highest BCUT2D eigenvalue weighted by atomic mass is 32.1. The van der Waals surface area contributed by atoms with Gasteiger partial charge in [0, 0.05) is 65.9 Å². The highest BCUT2D eigenvalue weighted by Gasteiger charge is 2.21. The third-order valence-corrected chi connectivity index (χ3v) is 11.4. The lowest BCUT2D eigenvalue weighted by Gasteiger charge is -2.12. The Hall–Kier alpha value is -6.89. The molecule has 6 heteroatoms. The summed E-state index contributed by atoms with van der Waals surface area (Å²) in [4.78, 5) is 15.1. The first kappa shape index (κ1) is 29.8. The van der Waals surface area contributed by atoms with Gasteiger partial charge in [-0.1, -0.05) is 127 Å². The smallest absolute Gasteiger partial charge is 0.164 e. The zero-order valence-corrected chi connectivity index (χ0v) is 29.2. The number of hydrogen-bond acceptors (Lipinski definition) is 4. The van der Waals surface area contributed by atoms with Crippen LogP contribution in [-0.2, 0) is 0 Å². The van der Waals surface area contributed by atoms with E-state index in [1.807, 2.05) is 72.0 Å². The van der Waals surface area contributed by atoms with Gasteiger partial charge in [0.1, 0.15) is 0 Å². The fraction of sp³-hybridized carbons (Fsp3) is 0. The zero-order valence-electron chi connectivity index (χ0n) is 28.4. The molecular weight excluding hydrogens is 667 g/mol. The van der Waals surface area contributed by atoms with Crippen molar-refractivity contribution >= 4 is 64.2 Å². The van der Waals surface area contributed by atoms with Crippen LogP contribution in [0.25, 0.3) is 98.4 Å². The molecule has 0 bridgehead atoms. The number of para-hydroxylation sites is 1. The molecule has 53 heavy (non-hydrogen) atoms. The summed E-state index contributed by atoms with van der Waals surface area (Å²) in [5.74, 6) is 1.92. The topological polar surface area (TPSA) is 48.5 Å². The molecule has 0 aliphatic carbocycles. The van der Waals surface area contributed by atoms with E-state index in [1.54, 1.807) is 0 Å². The minimum absolute atomic E-state index is 0.632. The number of nitrogens with zero attached hydrogens (tertiary/aromatic N) is 5. The molecule has 0 unspecified atom stereocenters. The Morgan fingerprint density at radius 3 is 1.70 bits per heavy atom. The summed E-state index contributed by atoms with van der Waals surface area (Å²) in [5.41, 5.74) is 8.56. The van der Waals surface area contributed by atoms with Crippen LogP contribution in [0.2, 0.25) is 0 Å². The van der Waals surface area contributed by atoms with Crippen LogP contribution in [-0.4, -0.2) is 24.1 Å². The maximum Gasteiger partial charge on any atom is 0.164 e. The fourth-order valence-corrected chi connectivity index (χ4v) is 9.02. The van der Waals surface area contributed by atoms with E-state index in [0.29, 0.717) is 17.5 Å². The van der Waals surface area contributed by atoms with Gasteiger partial charge in [0.15, 0.2) is 17.5 Å². The highest BCUT2D eigenvalue weighted by Crippen LogP contribution is 2.45. The third-order valence-electron chi connectivity index (χ3n) is 10.2. The molecular formula is C47H29N5S. The van der Waals surface area contributed by atoms with E-state index in [-0.39, 0.29) is 0 Å². The molecule has 4 heterocycles. The minimum atomic E-state index is 0.632. The molecule has 4 aromatic heterocycles. The molecule has 0 aliphatic heterocycles. The van der Waals surface area contributed by atoms with E-state index in [4.69, 9.17) is 15.0 Å². The fourth-order valence-electron chi connectivity index (χ4n) is 7.78. The Labute approximate surface area is 308 Å². The molecule has 0 radical (unpaired) electrons. The Balaban J connectivity index is 1.21. The van der Waals surface area contributed by atoms with E-state index in [2.05, 4.69) is 125 Å². The maximum absolute atomic E-state index is 5.08. The van der Waals surface area contributed by atoms with Gasteiger partial charge >= 0.3 is 0 Å². The van der Waals surface area contributed by atoms with Crippen LogP contribution in [0.3, 0.4) is 0 Å². The summed E-state index contributed by atoms with van der Waals surface area (Å²) >= 11 is 1.86. The molecule has 0 amide bonds. The van der Waals surface area contributed by atoms with Crippen LogP contribution >= 0.6 is 11.3 Å². The van der Waals surface area contributed by atoms with Crippen LogP contribution in [0.15, 0.2) is 176 Å². The van der Waals surface area contributed by atoms with Gasteiger partial charge in [0.05, 0.1) is 21.3 Å². The van der Waals surface area contributed by atoms with Crippen molar-refractivity contribution in [1.82, 2.24) is 24.1 Å². The van der Waals surface area contributed by atoms with Gasteiger partial charge in [0.2, 0.25) is 0 Å². The summed E-state index contributed by atoms with van der Waals surface area (Å²) in [6.07, 6.45) is 2.19. The molecule has 7 aromatic carbocycles. The molecule has 11 rings (SSSR count). The number of hydrogen-bond donors (Lipinski definition) is 0. The SMILES string of the molecule is c1ccc(-c2nc(-c3ccccc3)nc(-c3cccc(-n4c5c(ccc6c5ccn6-c5ccccc5)c5ccc6c7ccccc7sc6c54)c3)n2)cc1. The van der Waals surface area contributed by atoms with Gasteiger partial charge < -0.3 is 9.13 Å². The molecule has 0 N–H and O–H groups in total. The van der Waals surface area contributed by atoms with Crippen molar-refractivity contribution in [3.63, 3.8) is 0 Å². The molecule has 0 saturated carbocycles. The lowest BCUT2D eigenvalue weighted by Crippen LogP contribution is -2.01. The van der Waals surface area contributed by atoms with Crippen molar-refractivity contribution in [1.29, 1.82) is 0 Å². The normalized spacial score (nSPS) is 11.8. The average Bonchev–Trinajstić information content (AvgIpc) is 3.94. The number of aromatic nitrogens is 5. The van der Waals surface area contributed by atoms with E-state index in [1.165, 1.54) is 47.4 Å². The van der Waals surface area contributed by atoms with Crippen LogP contribution in [0.1, 0.15) is 0 Å². The van der Waals surface area contributed by atoms with Gasteiger partial charge in [0.25, 0.3) is 0 Å². The van der Waals surface area contributed by atoms with Gasteiger partial charge in [-0.2, -0.15) is 0 Å². The average molecular weight is 696 g/mol. The van der Waals surface area contributed by atoms with Crippen molar-refractivity contribution < 1.29 is 0 Å². The first-order valence-corrected chi connectivity index (χ1v) is 18.5. The summed E-state index contributed by atoms with van der Waals surface area (Å²) < 4.78 is 7.32. The number of thiophene rings is 1. The molecule has 0 saturated heterocycles. The van der Waals surface area contributed by atoms with Crippen molar-refractivity contribution in [2.24, 2.45) is 0 Å². The van der Waals surface area contributed by atoms with Crippen LogP contribution in [0.5, 0.6) is 0 Å². The van der Waals surface area contributed by atoms with Crippen LogP contribution in [0.4, 0.5) is 0 Å². The van der Waals surface area contributed by atoms with Gasteiger partial charge in [-0.15, -0.1) is 11.3 Å². The summed E-state index contributed by atoms with van der Waals surface area (Å²) in [6, 6.07) is 59.7. The predicted molar refractivity (Wildman–Crippen MR) is 220 cm³/mol. The van der Waals surface area contributed by atoms with E-state index in [9.17, 15) is 0 Å². The number of benzene rings is 7. The first-order valence-electron chi connectivity index (χ1n) is 17.7. The Kier molecular flexibility index (Phi) is 6.66. The quantitative estimate of drug-likeness (QED) is 0.180. The minimum Gasteiger partial charge on any atom is -0.316 e. The summed E-state index contributed by atoms with van der Waals surface area (Å²) in [7, 11) is 0. The van der Waals surface area contributed by atoms with Gasteiger partial charge in [-0.05, 0) is 42.5 Å². The largest absolute Gasteiger partial charge is 0.316 e. The molecule has 5 nitrogen and oxygen atoms in total. The zero-order chi connectivity index (χ0) is 34.9. The van der Waals surface area contributed by atoms with Crippen molar-refractivity contribution in [2.75, 3.05) is 0 Å². The van der Waals surface area contributed by atoms with Crippen molar-refractivity contribution in [2.45, 2.75) is 0 Å². The monoisotopic (exact) mass is 695 g/mol. The van der Waals surface area contributed by atoms with Crippen molar-refractivity contribution in [3.8, 4) is 45.5 Å². The summed E-state index contributed by atoms with van der Waals surface area (Å²) in [6.45, 7) is 0. The first-order chi connectivity index (χ1) is 26.3. The third kappa shape index (κ3) is 4.73. The Morgan fingerprint density at radius 2 is 0.962 bits per heavy atom. The maximum atomic E-state index is 5.08. The molecule has 11 aromatic rings. The van der Waals surface area contributed by atoms with Gasteiger partial charge in [-0.25, -0.2) is 15.0 Å². The van der Waals surface area contributed by atoms with Crippen LogP contribution in [0, 0.1) is 0 Å². The van der Waals surface area contributed by atoms with E-state index in [0.717, 1.165) is 33.6 Å². The molecule has 0 fully saturated rings. The Morgan fingerprint density at radius 1 is 0.396 bits per heavy atom. The molecule has 0 atom stereocenters. The standard InChI is InChI=1S/C47H29N5S/c1-4-13-30(14-5-1)45-48-46(31-15-6-2-7-16-31)50-47(49-45)32-17-12-20-34(29-32)52-42-36(25-26-40-39(42)27-28-51(40)33-18-8-3-9-19-33)37-23-24-38-35-21-10-11-22-41(35)53-44(38)43(37)52/h1-29H. The second-order valence-corrected chi connectivity index (χ2v) is 14.3. The molecule has 248 valence electrons. The number of rotatable bonds is 5. The molecule has 0 spiro atoms.